The van der Waals surface area contributed by atoms with Crippen LogP contribution in [0.3, 0.4) is 0 Å². The molecule has 6 atom stereocenters. The van der Waals surface area contributed by atoms with Crippen LogP contribution in [0.25, 0.3) is 0 Å². The Hall–Kier alpha value is -6.60. The third kappa shape index (κ3) is 6.49. The maximum absolute atomic E-state index is 11.0. The first-order valence-corrected chi connectivity index (χ1v) is 17.0. The lowest BCUT2D eigenvalue weighted by Gasteiger charge is -2.37. The van der Waals surface area contributed by atoms with Gasteiger partial charge in [-0.2, -0.15) is 0 Å². The number of aromatic hydroxyl groups is 8. The van der Waals surface area contributed by atoms with Crippen LogP contribution in [0, 0.1) is 19.8 Å². The predicted octanol–water partition coefficient (Wildman–Crippen LogP) is 7.35. The average Bonchev–Trinajstić information content (AvgIpc) is 3.75. The zero-order valence-corrected chi connectivity index (χ0v) is 29.2. The summed E-state index contributed by atoms with van der Waals surface area (Å²) in [6.07, 6.45) is -2.58. The summed E-state index contributed by atoms with van der Waals surface area (Å²) in [5, 5.41) is 90.4. The van der Waals surface area contributed by atoms with E-state index < -0.39 is 24.2 Å². The largest absolute Gasteiger partial charge is 0.508 e. The monoisotopic (exact) mass is 738 g/mol. The second kappa shape index (κ2) is 13.7. The Kier molecular flexibility index (Phi) is 9.11. The molecule has 54 heavy (non-hydrogen) atoms. The third-order valence-electron chi connectivity index (χ3n) is 9.79. The molecule has 0 aliphatic carbocycles. The summed E-state index contributed by atoms with van der Waals surface area (Å²) in [5.41, 5.74) is 1.93. The molecule has 0 fully saturated rings. The first-order valence-electron chi connectivity index (χ1n) is 17.0. The molecule has 2 aromatic heterocycles. The van der Waals surface area contributed by atoms with Crippen molar-refractivity contribution in [2.75, 3.05) is 0 Å². The number of rotatable bonds is 4. The van der Waals surface area contributed by atoms with E-state index in [1.54, 1.807) is 25.1 Å². The van der Waals surface area contributed by atoms with E-state index in [9.17, 15) is 46.0 Å². The molecule has 0 spiro atoms. The minimum Gasteiger partial charge on any atom is -0.508 e. The lowest BCUT2D eigenvalue weighted by molar-refractivity contribution is 0.00302. The van der Waals surface area contributed by atoms with Crippen LogP contribution in [-0.4, -0.2) is 52.1 Å². The maximum atomic E-state index is 11.0. The number of ether oxygens (including phenoxy) is 2. The molecule has 8 rings (SSSR count). The Morgan fingerprint density at radius 1 is 0.463 bits per heavy atom. The van der Waals surface area contributed by atoms with Crippen LogP contribution in [0.2, 0.25) is 0 Å². The predicted molar refractivity (Wildman–Crippen MR) is 192 cm³/mol. The van der Waals surface area contributed by atoms with Crippen molar-refractivity contribution in [3.8, 4) is 57.5 Å². The molecule has 0 amide bonds. The van der Waals surface area contributed by atoms with Crippen LogP contribution < -0.4 is 9.47 Å². The molecule has 9 N–H and O–H groups in total. The number of aliphatic hydroxyl groups is 1. The van der Waals surface area contributed by atoms with Crippen molar-refractivity contribution in [2.45, 2.75) is 50.9 Å². The van der Waals surface area contributed by atoms with Gasteiger partial charge in [0.2, 0.25) is 0 Å². The molecule has 13 nitrogen and oxygen atoms in total. The first-order chi connectivity index (χ1) is 25.7. The summed E-state index contributed by atoms with van der Waals surface area (Å²) in [7, 11) is 0. The number of furan rings is 2. The summed E-state index contributed by atoms with van der Waals surface area (Å²) in [6, 6.07) is 21.1. The second-order valence-corrected chi connectivity index (χ2v) is 13.5. The average molecular weight is 739 g/mol. The highest BCUT2D eigenvalue weighted by atomic mass is 16.5. The van der Waals surface area contributed by atoms with Gasteiger partial charge in [-0.15, -0.1) is 0 Å². The van der Waals surface area contributed by atoms with Crippen molar-refractivity contribution < 1.29 is 64.3 Å². The van der Waals surface area contributed by atoms with E-state index in [1.165, 1.54) is 54.6 Å². The quantitative estimate of drug-likeness (QED) is 0.0807. The Labute approximate surface area is 308 Å². The number of benzene rings is 4. The van der Waals surface area contributed by atoms with Crippen LogP contribution in [0.5, 0.6) is 57.5 Å². The lowest BCUT2D eigenvalue weighted by atomic mass is 9.77. The van der Waals surface area contributed by atoms with E-state index in [0.29, 0.717) is 45.3 Å². The molecule has 0 bridgehead atoms. The van der Waals surface area contributed by atoms with Crippen molar-refractivity contribution in [1.82, 2.24) is 0 Å². The van der Waals surface area contributed by atoms with Gasteiger partial charge >= 0.3 is 0 Å². The van der Waals surface area contributed by atoms with Crippen molar-refractivity contribution in [3.05, 3.63) is 130 Å². The van der Waals surface area contributed by atoms with E-state index in [-0.39, 0.29) is 63.6 Å². The van der Waals surface area contributed by atoms with Gasteiger partial charge in [-0.3, -0.25) is 0 Å². The molecule has 280 valence electrons. The van der Waals surface area contributed by atoms with Crippen LogP contribution in [0.15, 0.2) is 93.8 Å². The normalized spacial score (nSPS) is 21.5. The maximum Gasteiger partial charge on any atom is 0.157 e. The molecule has 4 heterocycles. The molecular formula is C41H38O13. The summed E-state index contributed by atoms with van der Waals surface area (Å²) in [4.78, 5) is 0. The standard InChI is InChI=1S/C21H20O6.C20H18O7/c1-10-3-6-17(26-10)19-11(2)21(12-4-5-14(23)15(24)7-12)27-18-9-13(22)8-16(25)20(18)19;1-9-2-5-15(26-9)18-17-14(24)7-11(21)8-16(17)27-20(19(18)25)10-3-4-12(22)13(23)6-10/h3-9,11,19,21-25H,1-2H3;2-8,18-25H,1H3. The fourth-order valence-corrected chi connectivity index (χ4v) is 7.27. The van der Waals surface area contributed by atoms with Gasteiger partial charge in [0.25, 0.3) is 0 Å². The number of hydrogen-bond acceptors (Lipinski definition) is 13. The van der Waals surface area contributed by atoms with Gasteiger partial charge in [-0.1, -0.05) is 19.1 Å². The van der Waals surface area contributed by atoms with Crippen LogP contribution in [0.4, 0.5) is 0 Å². The fraction of sp³-hybridized carbons (Fsp3) is 0.220. The Morgan fingerprint density at radius 3 is 1.37 bits per heavy atom. The Balaban J connectivity index is 0.000000167. The fourth-order valence-electron chi connectivity index (χ4n) is 7.27. The van der Waals surface area contributed by atoms with Crippen molar-refractivity contribution in [2.24, 2.45) is 5.92 Å². The first kappa shape index (κ1) is 35.8. The molecule has 0 radical (unpaired) electrons. The highest BCUT2D eigenvalue weighted by Gasteiger charge is 2.43. The third-order valence-corrected chi connectivity index (χ3v) is 9.79. The van der Waals surface area contributed by atoms with Gasteiger partial charge in [0.15, 0.2) is 29.1 Å². The van der Waals surface area contributed by atoms with Gasteiger partial charge in [-0.25, -0.2) is 0 Å². The van der Waals surface area contributed by atoms with Crippen molar-refractivity contribution in [1.29, 1.82) is 0 Å². The summed E-state index contributed by atoms with van der Waals surface area (Å²) in [5.74, 6) is 0.115. The molecule has 2 aliphatic rings. The van der Waals surface area contributed by atoms with E-state index in [4.69, 9.17) is 18.3 Å². The number of phenols is 8. The SMILES string of the molecule is Cc1ccc(C2c3c(O)cc(O)cc3OC(c3ccc(O)c(O)c3)C2C)o1.Cc1ccc(C2c3c(O)cc(O)cc3OC(c3ccc(O)c(O)c3)C2O)o1. The summed E-state index contributed by atoms with van der Waals surface area (Å²) < 4.78 is 23.5. The summed E-state index contributed by atoms with van der Waals surface area (Å²) in [6.45, 7) is 5.58. The minimum atomic E-state index is -1.16. The van der Waals surface area contributed by atoms with E-state index in [1.807, 2.05) is 26.0 Å². The van der Waals surface area contributed by atoms with Crippen molar-refractivity contribution >= 4 is 0 Å². The highest BCUT2D eigenvalue weighted by molar-refractivity contribution is 5.57. The molecular weight excluding hydrogens is 700 g/mol. The van der Waals surface area contributed by atoms with Gasteiger partial charge in [0.05, 0.1) is 11.8 Å². The van der Waals surface area contributed by atoms with Crippen molar-refractivity contribution in [3.63, 3.8) is 0 Å². The number of aliphatic hydroxyl groups excluding tert-OH is 1. The number of hydrogen-bond donors (Lipinski definition) is 9. The molecule has 2 aliphatic heterocycles. The minimum absolute atomic E-state index is 0.0668. The molecule has 4 aromatic carbocycles. The number of aryl methyl sites for hydroxylation is 2. The topological polar surface area (TPSA) is 227 Å². The smallest absolute Gasteiger partial charge is 0.157 e. The van der Waals surface area contributed by atoms with Crippen LogP contribution in [-0.2, 0) is 0 Å². The molecule has 0 saturated carbocycles. The second-order valence-electron chi connectivity index (χ2n) is 13.5. The number of phenolic OH excluding ortho intramolecular Hbond substituents is 8. The van der Waals surface area contributed by atoms with Crippen LogP contribution in [0.1, 0.15) is 76.3 Å². The molecule has 6 unspecified atom stereocenters. The van der Waals surface area contributed by atoms with Gasteiger partial charge in [0, 0.05) is 41.3 Å². The Bertz CT molecular complexity index is 2180. The molecule has 0 saturated heterocycles. The lowest BCUT2D eigenvalue weighted by Crippen LogP contribution is -2.35. The zero-order chi connectivity index (χ0) is 38.6. The van der Waals surface area contributed by atoms with E-state index in [0.717, 1.165) is 5.76 Å². The Morgan fingerprint density at radius 2 is 0.907 bits per heavy atom. The van der Waals surface area contributed by atoms with E-state index in [2.05, 4.69) is 0 Å². The van der Waals surface area contributed by atoms with Gasteiger partial charge in [0.1, 0.15) is 69.7 Å². The zero-order valence-electron chi connectivity index (χ0n) is 29.2. The van der Waals surface area contributed by atoms with E-state index >= 15 is 0 Å². The highest BCUT2D eigenvalue weighted by Crippen LogP contribution is 2.54. The molecule has 13 heteroatoms. The molecule has 6 aromatic rings. The van der Waals surface area contributed by atoms with Gasteiger partial charge < -0.3 is 64.3 Å². The number of fused-ring (bicyclic) bond motifs is 2. The van der Waals surface area contributed by atoms with Crippen LogP contribution >= 0.6 is 0 Å². The van der Waals surface area contributed by atoms with Gasteiger partial charge in [-0.05, 0) is 73.5 Å². The summed E-state index contributed by atoms with van der Waals surface area (Å²) >= 11 is 0.